The van der Waals surface area contributed by atoms with E-state index >= 15 is 0 Å². The van der Waals surface area contributed by atoms with Gasteiger partial charge >= 0.3 is 0 Å². The highest BCUT2D eigenvalue weighted by molar-refractivity contribution is 8.00. The van der Waals surface area contributed by atoms with Gasteiger partial charge in [0.25, 0.3) is 0 Å². The second-order valence-electron chi connectivity index (χ2n) is 4.97. The quantitative estimate of drug-likeness (QED) is 0.913. The molecule has 1 aromatic rings. The molecule has 1 aliphatic heterocycles. The number of anilines is 1. The molecule has 0 radical (unpaired) electrons. The summed E-state index contributed by atoms with van der Waals surface area (Å²) in [5, 5.41) is 2.86. The molecule has 5 nitrogen and oxygen atoms in total. The number of hydrogen-bond acceptors (Lipinski definition) is 5. The summed E-state index contributed by atoms with van der Waals surface area (Å²) in [6.07, 6.45) is 7.54. The van der Waals surface area contributed by atoms with Crippen molar-refractivity contribution in [3.63, 3.8) is 0 Å². The third kappa shape index (κ3) is 2.34. The lowest BCUT2D eigenvalue weighted by molar-refractivity contribution is -0.120. The van der Waals surface area contributed by atoms with Crippen LogP contribution in [0.5, 0.6) is 0 Å². The predicted octanol–water partition coefficient (Wildman–Crippen LogP) is 1.77. The zero-order valence-electron chi connectivity index (χ0n) is 10.9. The molecule has 102 valence electrons. The first-order valence-corrected chi connectivity index (χ1v) is 7.75. The highest BCUT2D eigenvalue weighted by Gasteiger charge is 2.43. The molecule has 2 heterocycles. The second kappa shape index (κ2) is 5.09. The van der Waals surface area contributed by atoms with Gasteiger partial charge in [0.15, 0.2) is 0 Å². The number of thioether (sulfide) groups is 1. The Morgan fingerprint density at radius 3 is 3.05 bits per heavy atom. The number of hydrogen-bond donors (Lipinski definition) is 1. The van der Waals surface area contributed by atoms with Gasteiger partial charge in [-0.05, 0) is 25.5 Å². The van der Waals surface area contributed by atoms with Crippen LogP contribution in [0.15, 0.2) is 6.20 Å². The van der Waals surface area contributed by atoms with Crippen LogP contribution < -0.4 is 5.32 Å². The largest absolute Gasteiger partial charge is 0.376 e. The summed E-state index contributed by atoms with van der Waals surface area (Å²) >= 11 is 1.63. The minimum atomic E-state index is -0.262. The number of aromatic nitrogens is 2. The summed E-state index contributed by atoms with van der Waals surface area (Å²) in [5.41, 5.74) is 2.01. The normalized spacial score (nSPS) is 20.3. The van der Waals surface area contributed by atoms with Crippen LogP contribution in [0.2, 0.25) is 0 Å². The fourth-order valence-corrected chi connectivity index (χ4v) is 3.36. The number of carbonyl (C=O) groups excluding carboxylic acids is 1. The van der Waals surface area contributed by atoms with E-state index in [1.54, 1.807) is 18.0 Å². The molecule has 0 aromatic carbocycles. The van der Waals surface area contributed by atoms with Gasteiger partial charge in [-0.1, -0.05) is 0 Å². The molecule has 19 heavy (non-hydrogen) atoms. The first kappa shape index (κ1) is 12.9. The van der Waals surface area contributed by atoms with E-state index in [2.05, 4.69) is 15.3 Å². The number of nitrogens with one attached hydrogen (secondary N) is 1. The Morgan fingerprint density at radius 2 is 2.37 bits per heavy atom. The van der Waals surface area contributed by atoms with E-state index in [4.69, 9.17) is 4.74 Å². The molecule has 0 bridgehead atoms. The van der Waals surface area contributed by atoms with Crippen molar-refractivity contribution in [2.24, 2.45) is 0 Å². The molecule has 1 aliphatic carbocycles. The Bertz CT molecular complexity index is 497. The van der Waals surface area contributed by atoms with Crippen LogP contribution in [-0.4, -0.2) is 33.5 Å². The van der Waals surface area contributed by atoms with Crippen molar-refractivity contribution in [2.75, 3.05) is 18.2 Å². The van der Waals surface area contributed by atoms with E-state index in [1.807, 2.05) is 6.26 Å². The first-order valence-electron chi connectivity index (χ1n) is 6.53. The summed E-state index contributed by atoms with van der Waals surface area (Å²) in [6, 6.07) is 0. The lowest BCUT2D eigenvalue weighted by Crippen LogP contribution is -2.45. The highest BCUT2D eigenvalue weighted by atomic mass is 32.2. The van der Waals surface area contributed by atoms with Crippen molar-refractivity contribution >= 4 is 23.6 Å². The van der Waals surface area contributed by atoms with Crippen LogP contribution in [0.4, 0.5) is 5.95 Å². The van der Waals surface area contributed by atoms with Crippen molar-refractivity contribution in [3.05, 3.63) is 17.5 Å². The smallest absolute Gasteiger partial charge is 0.242 e. The third-order valence-corrected chi connectivity index (χ3v) is 5.26. The topological polar surface area (TPSA) is 64.1 Å². The molecule has 1 N–H and O–H groups in total. The molecular formula is C13H17N3O2S. The molecular weight excluding hydrogens is 262 g/mol. The van der Waals surface area contributed by atoms with E-state index in [0.717, 1.165) is 36.9 Å². The van der Waals surface area contributed by atoms with Gasteiger partial charge < -0.3 is 4.74 Å². The number of carbonyl (C=O) groups is 1. The van der Waals surface area contributed by atoms with Gasteiger partial charge in [0, 0.05) is 18.2 Å². The van der Waals surface area contributed by atoms with Gasteiger partial charge in [0.05, 0.1) is 23.7 Å². The van der Waals surface area contributed by atoms with Crippen molar-refractivity contribution in [1.29, 1.82) is 0 Å². The lowest BCUT2D eigenvalue weighted by atomic mass is 9.83. The SMILES string of the molecule is CSC1(C(=O)Nc2ncc3c(n2)CCOC3)CCC1. The Kier molecular flexibility index (Phi) is 3.45. The maximum Gasteiger partial charge on any atom is 0.242 e. The van der Waals surface area contributed by atoms with Crippen LogP contribution in [0.1, 0.15) is 30.5 Å². The van der Waals surface area contributed by atoms with Gasteiger partial charge in [-0.3, -0.25) is 10.1 Å². The van der Waals surface area contributed by atoms with Crippen molar-refractivity contribution in [2.45, 2.75) is 37.0 Å². The van der Waals surface area contributed by atoms with Crippen molar-refractivity contribution in [3.8, 4) is 0 Å². The zero-order chi connectivity index (χ0) is 13.3. The zero-order valence-corrected chi connectivity index (χ0v) is 11.8. The molecule has 0 saturated heterocycles. The van der Waals surface area contributed by atoms with Crippen molar-refractivity contribution < 1.29 is 9.53 Å². The van der Waals surface area contributed by atoms with Gasteiger partial charge in [0.1, 0.15) is 0 Å². The van der Waals surface area contributed by atoms with E-state index in [9.17, 15) is 4.79 Å². The monoisotopic (exact) mass is 279 g/mol. The van der Waals surface area contributed by atoms with Crippen LogP contribution in [0.25, 0.3) is 0 Å². The molecule has 0 spiro atoms. The van der Waals surface area contributed by atoms with Gasteiger partial charge in [0.2, 0.25) is 11.9 Å². The van der Waals surface area contributed by atoms with Crippen molar-refractivity contribution in [1.82, 2.24) is 9.97 Å². The predicted molar refractivity (Wildman–Crippen MR) is 74.1 cm³/mol. The maximum atomic E-state index is 12.3. The number of amides is 1. The molecule has 0 atom stereocenters. The van der Waals surface area contributed by atoms with Gasteiger partial charge in [-0.2, -0.15) is 0 Å². The van der Waals surface area contributed by atoms with Crippen LogP contribution in [0, 0.1) is 0 Å². The average molecular weight is 279 g/mol. The minimum Gasteiger partial charge on any atom is -0.376 e. The minimum absolute atomic E-state index is 0.0401. The van der Waals surface area contributed by atoms with Gasteiger partial charge in [-0.15, -0.1) is 11.8 Å². The Balaban J connectivity index is 1.74. The molecule has 2 aliphatic rings. The fraction of sp³-hybridized carbons (Fsp3) is 0.615. The lowest BCUT2D eigenvalue weighted by Gasteiger charge is -2.38. The molecule has 6 heteroatoms. The Labute approximate surface area is 116 Å². The molecule has 1 amide bonds. The summed E-state index contributed by atoms with van der Waals surface area (Å²) in [7, 11) is 0. The fourth-order valence-electron chi connectivity index (χ4n) is 2.43. The van der Waals surface area contributed by atoms with E-state index in [-0.39, 0.29) is 10.7 Å². The maximum absolute atomic E-state index is 12.3. The average Bonchev–Trinajstić information content (AvgIpc) is 2.38. The summed E-state index contributed by atoms with van der Waals surface area (Å²) in [4.78, 5) is 20.9. The molecule has 1 saturated carbocycles. The number of fused-ring (bicyclic) bond motifs is 1. The summed E-state index contributed by atoms with van der Waals surface area (Å²) < 4.78 is 5.08. The molecule has 3 rings (SSSR count). The van der Waals surface area contributed by atoms with Gasteiger partial charge in [-0.25, -0.2) is 9.97 Å². The number of nitrogens with zero attached hydrogens (tertiary/aromatic N) is 2. The third-order valence-electron chi connectivity index (χ3n) is 3.89. The number of ether oxygens (including phenoxy) is 1. The molecule has 0 unspecified atom stereocenters. The summed E-state index contributed by atoms with van der Waals surface area (Å²) in [5.74, 6) is 0.462. The van der Waals surface area contributed by atoms with Crippen LogP contribution in [-0.2, 0) is 22.6 Å². The van der Waals surface area contributed by atoms with E-state index in [1.165, 1.54) is 0 Å². The highest BCUT2D eigenvalue weighted by Crippen LogP contribution is 2.43. The summed E-state index contributed by atoms with van der Waals surface area (Å²) in [6.45, 7) is 1.25. The van der Waals surface area contributed by atoms with E-state index in [0.29, 0.717) is 19.2 Å². The molecule has 1 aromatic heterocycles. The van der Waals surface area contributed by atoms with Crippen LogP contribution >= 0.6 is 11.8 Å². The van der Waals surface area contributed by atoms with Crippen LogP contribution in [0.3, 0.4) is 0 Å². The molecule has 1 fully saturated rings. The number of rotatable bonds is 3. The van der Waals surface area contributed by atoms with E-state index < -0.39 is 0 Å². The standard InChI is InChI=1S/C13H17N3O2S/c1-19-13(4-2-5-13)11(17)16-12-14-7-9-8-18-6-3-10(9)15-12/h7H,2-6,8H2,1H3,(H,14,15,16,17). The Hall–Kier alpha value is -1.14. The first-order chi connectivity index (χ1) is 9.23. The second-order valence-corrected chi connectivity index (χ2v) is 6.16. The Morgan fingerprint density at radius 1 is 1.53 bits per heavy atom.